The molecule has 116 valence electrons. The zero-order valence-electron chi connectivity index (χ0n) is 11.1. The molecule has 2 rings (SSSR count). The molecule has 0 unspecified atom stereocenters. The summed E-state index contributed by atoms with van der Waals surface area (Å²) >= 11 is 1.17. The summed E-state index contributed by atoms with van der Waals surface area (Å²) in [6.45, 7) is 0. The van der Waals surface area contributed by atoms with Gasteiger partial charge in [-0.05, 0) is 29.6 Å². The number of amides is 1. The van der Waals surface area contributed by atoms with Crippen LogP contribution in [-0.2, 0) is 6.42 Å². The largest absolute Gasteiger partial charge is 0.508 e. The molecule has 0 saturated heterocycles. The minimum absolute atomic E-state index is 0.0152. The van der Waals surface area contributed by atoms with E-state index in [9.17, 15) is 23.1 Å². The molecule has 0 spiro atoms. The van der Waals surface area contributed by atoms with E-state index in [0.717, 1.165) is 6.07 Å². The van der Waals surface area contributed by atoms with Crippen molar-refractivity contribution in [2.75, 3.05) is 0 Å². The van der Waals surface area contributed by atoms with Gasteiger partial charge in [0, 0.05) is 16.9 Å². The fourth-order valence-corrected chi connectivity index (χ4v) is 2.32. The van der Waals surface area contributed by atoms with Crippen LogP contribution < -0.4 is 5.43 Å². The molecule has 0 aliphatic heterocycles. The predicted octanol–water partition coefficient (Wildman–Crippen LogP) is 3.34. The van der Waals surface area contributed by atoms with Gasteiger partial charge in [0.1, 0.15) is 11.5 Å². The van der Waals surface area contributed by atoms with Crippen LogP contribution in [0.5, 0.6) is 5.75 Å². The first kappa shape index (κ1) is 16.0. The molecular weight excluding hydrogens is 317 g/mol. The van der Waals surface area contributed by atoms with Crippen LogP contribution in [-0.4, -0.2) is 22.9 Å². The lowest BCUT2D eigenvalue weighted by atomic mass is 10.2. The zero-order valence-corrected chi connectivity index (χ0v) is 11.9. The van der Waals surface area contributed by atoms with E-state index in [4.69, 9.17) is 0 Å². The lowest BCUT2D eigenvalue weighted by Gasteiger charge is -2.10. The van der Waals surface area contributed by atoms with E-state index in [1.807, 2.05) is 5.43 Å². The number of carbonyl (C=O) groups is 1. The molecule has 0 aliphatic rings. The molecule has 2 N–H and O–H groups in total. The number of aromatic hydroxyl groups is 1. The molecule has 8 heteroatoms. The third-order valence-electron chi connectivity index (χ3n) is 2.65. The number of nitrogens with one attached hydrogen (secondary N) is 1. The van der Waals surface area contributed by atoms with Crippen molar-refractivity contribution in [3.63, 3.8) is 0 Å². The Kier molecular flexibility index (Phi) is 4.81. The summed E-state index contributed by atoms with van der Waals surface area (Å²) in [6, 6.07) is 8.44. The van der Waals surface area contributed by atoms with Crippen molar-refractivity contribution in [2.24, 2.45) is 5.10 Å². The minimum atomic E-state index is -4.64. The van der Waals surface area contributed by atoms with Crippen LogP contribution in [0.4, 0.5) is 13.2 Å². The maximum atomic E-state index is 12.9. The normalized spacial score (nSPS) is 12.2. The topological polar surface area (TPSA) is 61.7 Å². The first-order valence-corrected chi connectivity index (χ1v) is 7.00. The number of phenolic OH excluding ortho intramolecular Hbond substituents is 1. The number of thiophene rings is 1. The molecule has 2 aromatic rings. The molecule has 0 radical (unpaired) electrons. The van der Waals surface area contributed by atoms with Gasteiger partial charge in [0.25, 0.3) is 5.91 Å². The van der Waals surface area contributed by atoms with Crippen LogP contribution in [0.3, 0.4) is 0 Å². The van der Waals surface area contributed by atoms with Crippen LogP contribution >= 0.6 is 11.3 Å². The van der Waals surface area contributed by atoms with Crippen LogP contribution in [0.1, 0.15) is 15.2 Å². The Morgan fingerprint density at radius 3 is 2.64 bits per heavy atom. The minimum Gasteiger partial charge on any atom is -0.508 e. The number of hydrogen-bond donors (Lipinski definition) is 2. The van der Waals surface area contributed by atoms with Crippen LogP contribution in [0.25, 0.3) is 0 Å². The Bertz CT molecular complexity index is 682. The highest BCUT2D eigenvalue weighted by atomic mass is 32.1. The van der Waals surface area contributed by atoms with Crippen molar-refractivity contribution in [3.8, 4) is 5.75 Å². The molecule has 1 amide bonds. The van der Waals surface area contributed by atoms with Crippen molar-refractivity contribution in [1.29, 1.82) is 0 Å². The highest BCUT2D eigenvalue weighted by molar-refractivity contribution is 7.10. The Balaban J connectivity index is 2.14. The van der Waals surface area contributed by atoms with Gasteiger partial charge in [0.2, 0.25) is 0 Å². The second kappa shape index (κ2) is 6.61. The number of alkyl halides is 3. The van der Waals surface area contributed by atoms with Crippen LogP contribution in [0.15, 0.2) is 46.9 Å². The molecule has 4 nitrogen and oxygen atoms in total. The SMILES string of the molecule is O=C(NN=C(Cc1cccs1)C(F)(F)F)c1cccc(O)c1. The third-order valence-corrected chi connectivity index (χ3v) is 3.53. The van der Waals surface area contributed by atoms with Gasteiger partial charge in [-0.15, -0.1) is 11.3 Å². The number of nitrogens with zero attached hydrogens (tertiary/aromatic N) is 1. The molecule has 1 aromatic carbocycles. The van der Waals surface area contributed by atoms with Gasteiger partial charge in [-0.1, -0.05) is 12.1 Å². The fourth-order valence-electron chi connectivity index (χ4n) is 1.61. The van der Waals surface area contributed by atoms with E-state index in [-0.39, 0.29) is 11.3 Å². The number of hydrogen-bond acceptors (Lipinski definition) is 4. The average molecular weight is 328 g/mol. The summed E-state index contributed by atoms with van der Waals surface area (Å²) in [5.41, 5.74) is 0.789. The monoisotopic (exact) mass is 328 g/mol. The number of carbonyl (C=O) groups excluding carboxylic acids is 1. The quantitative estimate of drug-likeness (QED) is 0.668. The fraction of sp³-hybridized carbons (Fsp3) is 0.143. The second-order valence-corrected chi connectivity index (χ2v) is 5.34. The standard InChI is InChI=1S/C14H11F3N2O2S/c15-14(16,17)12(8-11-5-2-6-22-11)18-19-13(21)9-3-1-4-10(20)7-9/h1-7,20H,8H2,(H,19,21). The van der Waals surface area contributed by atoms with Crippen molar-refractivity contribution >= 4 is 23.0 Å². The van der Waals surface area contributed by atoms with E-state index in [2.05, 4.69) is 5.10 Å². The van der Waals surface area contributed by atoms with Crippen LogP contribution in [0, 0.1) is 0 Å². The van der Waals surface area contributed by atoms with Crippen molar-refractivity contribution < 1.29 is 23.1 Å². The van der Waals surface area contributed by atoms with E-state index >= 15 is 0 Å². The zero-order chi connectivity index (χ0) is 16.2. The van der Waals surface area contributed by atoms with Gasteiger partial charge >= 0.3 is 6.18 Å². The maximum absolute atomic E-state index is 12.9. The lowest BCUT2D eigenvalue weighted by molar-refractivity contribution is -0.0604. The summed E-state index contributed by atoms with van der Waals surface area (Å²) in [6.07, 6.45) is -5.06. The van der Waals surface area contributed by atoms with Crippen molar-refractivity contribution in [2.45, 2.75) is 12.6 Å². The van der Waals surface area contributed by atoms with Crippen molar-refractivity contribution in [3.05, 3.63) is 52.2 Å². The van der Waals surface area contributed by atoms with Gasteiger partial charge in [0.15, 0.2) is 0 Å². The van der Waals surface area contributed by atoms with Gasteiger partial charge in [-0.3, -0.25) is 4.79 Å². The van der Waals surface area contributed by atoms with Crippen molar-refractivity contribution in [1.82, 2.24) is 5.43 Å². The first-order chi connectivity index (χ1) is 10.4. The second-order valence-electron chi connectivity index (χ2n) is 4.30. The number of halogens is 3. The summed E-state index contributed by atoms with van der Waals surface area (Å²) in [7, 11) is 0. The van der Waals surface area contributed by atoms with Gasteiger partial charge in [-0.2, -0.15) is 18.3 Å². The Morgan fingerprint density at radius 1 is 1.27 bits per heavy atom. The number of benzene rings is 1. The average Bonchev–Trinajstić information content (AvgIpc) is 2.94. The van der Waals surface area contributed by atoms with E-state index in [0.29, 0.717) is 4.88 Å². The summed E-state index contributed by atoms with van der Waals surface area (Å²) in [5.74, 6) is -0.991. The summed E-state index contributed by atoms with van der Waals surface area (Å²) in [4.78, 5) is 12.2. The van der Waals surface area contributed by atoms with E-state index in [1.165, 1.54) is 29.5 Å². The smallest absolute Gasteiger partial charge is 0.431 e. The molecule has 0 aliphatic carbocycles. The first-order valence-electron chi connectivity index (χ1n) is 6.12. The highest BCUT2D eigenvalue weighted by Gasteiger charge is 2.36. The molecule has 0 bridgehead atoms. The lowest BCUT2D eigenvalue weighted by Crippen LogP contribution is -2.29. The van der Waals surface area contributed by atoms with E-state index in [1.54, 1.807) is 17.5 Å². The molecule has 0 fully saturated rings. The van der Waals surface area contributed by atoms with Gasteiger partial charge in [0.05, 0.1) is 0 Å². The predicted molar refractivity (Wildman–Crippen MR) is 77.1 cm³/mol. The summed E-state index contributed by atoms with van der Waals surface area (Å²) < 4.78 is 38.7. The molecule has 1 heterocycles. The molecular formula is C14H11F3N2O2S. The highest BCUT2D eigenvalue weighted by Crippen LogP contribution is 2.22. The number of rotatable bonds is 4. The molecule has 1 aromatic heterocycles. The van der Waals surface area contributed by atoms with Crippen LogP contribution in [0.2, 0.25) is 0 Å². The maximum Gasteiger partial charge on any atom is 0.431 e. The molecule has 22 heavy (non-hydrogen) atoms. The third kappa shape index (κ3) is 4.32. The van der Waals surface area contributed by atoms with Gasteiger partial charge < -0.3 is 5.11 Å². The Hall–Kier alpha value is -2.35. The van der Waals surface area contributed by atoms with Gasteiger partial charge in [-0.25, -0.2) is 5.43 Å². The Labute approximate surface area is 127 Å². The Morgan fingerprint density at radius 2 is 2.05 bits per heavy atom. The molecule has 0 saturated carbocycles. The van der Waals surface area contributed by atoms with E-state index < -0.39 is 24.2 Å². The summed E-state index contributed by atoms with van der Waals surface area (Å²) in [5, 5.41) is 14.1. The number of hydrazone groups is 1. The number of phenols is 1. The molecule has 0 atom stereocenters.